The van der Waals surface area contributed by atoms with Crippen LogP contribution in [0, 0.1) is 83.1 Å². The minimum atomic E-state index is -1.52. The van der Waals surface area contributed by atoms with Crippen LogP contribution < -0.4 is 42.0 Å². The summed E-state index contributed by atoms with van der Waals surface area (Å²) >= 11 is 0. The van der Waals surface area contributed by atoms with Crippen molar-refractivity contribution in [3.63, 3.8) is 0 Å². The molecule has 0 heterocycles. The van der Waals surface area contributed by atoms with Gasteiger partial charge in [0.15, 0.2) is 0 Å². The number of hydrogen-bond donors (Lipinski definition) is 4. The molecule has 0 aromatic heterocycles. The molecule has 4 amide bonds. The average molecular weight is 1580 g/mol. The Morgan fingerprint density at radius 3 is 0.744 bits per heavy atom. The highest BCUT2D eigenvalue weighted by Gasteiger charge is 2.27. The number of rotatable bonds is 16. The number of benzene rings is 14. The monoisotopic (exact) mass is 1580 g/mol. The zero-order chi connectivity index (χ0) is 84.3. The molecule has 14 aromatic rings. The maximum absolute atomic E-state index is 12.0. The van der Waals surface area contributed by atoms with Crippen LogP contribution in [-0.2, 0) is 12.8 Å². The van der Waals surface area contributed by atoms with Crippen LogP contribution in [0.5, 0.6) is 0 Å². The smallest absolute Gasteiger partial charge is 0.255 e. The predicted octanol–water partition coefficient (Wildman–Crippen LogP) is 24.3. The van der Waals surface area contributed by atoms with E-state index in [9.17, 15) is 19.2 Å². The Morgan fingerprint density at radius 2 is 0.444 bits per heavy atom. The molecule has 0 aliphatic rings. The number of amides is 4. The quantitative estimate of drug-likeness (QED) is 0.0721. The maximum Gasteiger partial charge on any atom is 0.255 e. The number of hydrogen-bond acceptors (Lipinski definition) is 4. The van der Waals surface area contributed by atoms with E-state index in [1.807, 2.05) is 248 Å². The Morgan fingerprint density at radius 1 is 0.205 bits per heavy atom. The van der Waals surface area contributed by atoms with Crippen molar-refractivity contribution in [1.82, 2.24) is 0 Å². The summed E-state index contributed by atoms with van der Waals surface area (Å²) in [7, 11) is -3.02. The fourth-order valence-electron chi connectivity index (χ4n) is 12.6. The van der Waals surface area contributed by atoms with Crippen LogP contribution in [0.15, 0.2) is 352 Å². The molecule has 4 N–H and O–H groups in total. The lowest BCUT2D eigenvalue weighted by Crippen LogP contribution is -2.52. The van der Waals surface area contributed by atoms with Crippen LogP contribution in [0.2, 0.25) is 26.2 Å². The molecule has 596 valence electrons. The normalized spacial score (nSPS) is 10.5. The third-order valence-corrected chi connectivity index (χ3v) is 27.1. The van der Waals surface area contributed by atoms with Gasteiger partial charge in [-0.3, -0.25) is 19.2 Å². The molecule has 0 unspecified atom stereocenters. The second-order valence-corrected chi connectivity index (χ2v) is 40.1. The second kappa shape index (κ2) is 45.5. The molecule has 0 aliphatic carbocycles. The Balaban J connectivity index is 0.000000170. The van der Waals surface area contributed by atoms with Gasteiger partial charge in [0.1, 0.15) is 16.1 Å². The van der Waals surface area contributed by atoms with Crippen LogP contribution in [0.25, 0.3) is 0 Å². The Labute approximate surface area is 699 Å². The SMILES string of the molecule is Cc1ccc(C(=O)Nc2cccc(C)c2)cc1.Cc1ccc(C(=O)Nc2ccccc2)cc1.Cc1ccc(CCCc2ccc(C)cc2)cc1.Cc1ccc([Si](C)(C)c2ccc(C)cc2)cc1.Cc1cccc(C(=O)Nc2ccccc2)c1.Cc1cccc(NC(=O)c2cccc(C)c2)c1.Cc1cccc([Si](C)(C)c2cccc(C)c2)c1. The number of para-hydroxylation sites is 2. The van der Waals surface area contributed by atoms with Crippen molar-refractivity contribution in [1.29, 1.82) is 0 Å². The van der Waals surface area contributed by atoms with Gasteiger partial charge in [-0.25, -0.2) is 0 Å². The molecule has 14 aromatic carbocycles. The lowest BCUT2D eigenvalue weighted by Gasteiger charge is -2.24. The van der Waals surface area contributed by atoms with Gasteiger partial charge in [-0.05, 0) is 222 Å². The van der Waals surface area contributed by atoms with E-state index in [2.05, 4.69) is 235 Å². The molecule has 14 rings (SSSR count). The lowest BCUT2D eigenvalue weighted by atomic mass is 10.0. The molecule has 117 heavy (non-hydrogen) atoms. The van der Waals surface area contributed by atoms with Gasteiger partial charge in [-0.2, -0.15) is 0 Å². The number of carbonyl (C=O) groups excluding carboxylic acids is 4. The highest BCUT2D eigenvalue weighted by molar-refractivity contribution is 7.01. The molecule has 0 saturated heterocycles. The van der Waals surface area contributed by atoms with E-state index in [-0.39, 0.29) is 23.6 Å². The standard InChI is InChI=1S/C17H20.2C16H20Si.2C15H15NO.2C14H13NO/c1-14-6-10-16(11-7-14)4-3-5-17-12-8-15(2)9-13-17;1-13-5-9-15(10-6-13)17(3,4)16-11-7-14(2)8-12-16;1-13-7-5-9-15(11-13)17(3,4)16-10-6-8-14(2)12-16;1-11-5-3-7-13(9-11)15(17)16-14-8-4-6-12(2)10-14;1-11-6-8-13(9-7-11)15(17)16-14-5-3-4-12(2)10-14;1-11-6-5-7-12(10-11)14(16)15-13-8-3-2-4-9-13;1-11-7-9-12(10-8-11)14(16)15-13-5-3-2-4-6-13/h6-13H,3-5H2,1-2H3;2*5-12H,1-4H3;2*3-10H,1-2H3,(H,16,17);2*2-10H,1H3,(H,15,16). The van der Waals surface area contributed by atoms with Crippen LogP contribution >= 0.6 is 0 Å². The Hall–Kier alpha value is -12.6. The molecule has 8 nitrogen and oxygen atoms in total. The van der Waals surface area contributed by atoms with E-state index in [0.29, 0.717) is 22.3 Å². The van der Waals surface area contributed by atoms with Crippen molar-refractivity contribution >= 4 is 83.3 Å². The molecule has 0 atom stereocenters. The topological polar surface area (TPSA) is 116 Å². The molecule has 0 saturated carbocycles. The first-order valence-corrected chi connectivity index (χ1v) is 46.2. The van der Waals surface area contributed by atoms with Gasteiger partial charge in [-0.1, -0.05) is 357 Å². The highest BCUT2D eigenvalue weighted by Crippen LogP contribution is 2.19. The van der Waals surface area contributed by atoms with Crippen LogP contribution in [0.1, 0.15) is 126 Å². The molecule has 10 heteroatoms. The predicted molar refractivity (Wildman–Crippen MR) is 504 cm³/mol. The van der Waals surface area contributed by atoms with Gasteiger partial charge in [-0.15, -0.1) is 0 Å². The van der Waals surface area contributed by atoms with Gasteiger partial charge < -0.3 is 21.3 Å². The van der Waals surface area contributed by atoms with Gasteiger partial charge in [0.05, 0.1) is 0 Å². The van der Waals surface area contributed by atoms with Crippen LogP contribution in [0.3, 0.4) is 0 Å². The maximum atomic E-state index is 12.0. The van der Waals surface area contributed by atoms with Gasteiger partial charge >= 0.3 is 0 Å². The molecular weight excluding hydrogens is 1460 g/mol. The first-order valence-electron chi connectivity index (χ1n) is 40.2. The zero-order valence-electron chi connectivity index (χ0n) is 71.2. The van der Waals surface area contributed by atoms with Crippen molar-refractivity contribution in [2.45, 2.75) is 129 Å². The fourth-order valence-corrected chi connectivity index (χ4v) is 17.5. The molecule has 0 aliphatic heterocycles. The van der Waals surface area contributed by atoms with Crippen molar-refractivity contribution < 1.29 is 19.2 Å². The Bertz CT molecular complexity index is 5290. The van der Waals surface area contributed by atoms with Gasteiger partial charge in [0.2, 0.25) is 0 Å². The zero-order valence-corrected chi connectivity index (χ0v) is 73.2. The lowest BCUT2D eigenvalue weighted by molar-refractivity contribution is 0.101. The second-order valence-electron chi connectivity index (χ2n) is 31.3. The highest BCUT2D eigenvalue weighted by atomic mass is 28.3. The minimum Gasteiger partial charge on any atom is -0.322 e. The van der Waals surface area contributed by atoms with E-state index in [0.717, 1.165) is 56.1 Å². The van der Waals surface area contributed by atoms with Crippen molar-refractivity contribution in [2.24, 2.45) is 0 Å². The van der Waals surface area contributed by atoms with Crippen molar-refractivity contribution in [3.05, 3.63) is 452 Å². The van der Waals surface area contributed by atoms with Crippen molar-refractivity contribution in [3.8, 4) is 0 Å². The molecule has 0 spiro atoms. The van der Waals surface area contributed by atoms with Gasteiger partial charge in [0.25, 0.3) is 23.6 Å². The Kier molecular flexibility index (Phi) is 35.0. The average Bonchev–Trinajstić information content (AvgIpc) is 0.809. The summed E-state index contributed by atoms with van der Waals surface area (Å²) in [4.78, 5) is 47.6. The van der Waals surface area contributed by atoms with Crippen molar-refractivity contribution in [2.75, 3.05) is 21.3 Å². The minimum absolute atomic E-state index is 0.0701. The number of carbonyl (C=O) groups is 4. The summed E-state index contributed by atoms with van der Waals surface area (Å²) < 4.78 is 0. The fraction of sp³-hybridized carbons (Fsp3) is 0.178. The van der Waals surface area contributed by atoms with Crippen LogP contribution in [-0.4, -0.2) is 39.8 Å². The summed E-state index contributed by atoms with van der Waals surface area (Å²) in [6, 6.07) is 118. The summed E-state index contributed by atoms with van der Waals surface area (Å²) in [5.74, 6) is -0.295. The summed E-state index contributed by atoms with van der Waals surface area (Å²) in [6.45, 7) is 34.5. The number of aryl methyl sites for hydroxylation is 14. The summed E-state index contributed by atoms with van der Waals surface area (Å²) in [6.07, 6.45) is 3.58. The third-order valence-electron chi connectivity index (χ3n) is 20.0. The van der Waals surface area contributed by atoms with E-state index in [4.69, 9.17) is 0 Å². The first-order chi connectivity index (χ1) is 56.0. The van der Waals surface area contributed by atoms with E-state index in [1.165, 1.54) is 84.5 Å². The molecule has 0 bridgehead atoms. The number of nitrogens with one attached hydrogen (secondary N) is 4. The summed E-state index contributed by atoms with van der Waals surface area (Å²) in [5.41, 5.74) is 23.7. The van der Waals surface area contributed by atoms with Gasteiger partial charge in [0, 0.05) is 45.0 Å². The van der Waals surface area contributed by atoms with E-state index < -0.39 is 16.1 Å². The summed E-state index contributed by atoms with van der Waals surface area (Å²) in [5, 5.41) is 17.5. The first kappa shape index (κ1) is 89.9. The van der Waals surface area contributed by atoms with E-state index in [1.54, 1.807) is 0 Å². The molecule has 0 radical (unpaired) electrons. The molecular formula is C107H116N4O4Si2. The van der Waals surface area contributed by atoms with E-state index >= 15 is 0 Å². The molecule has 0 fully saturated rings. The largest absolute Gasteiger partial charge is 0.322 e. The number of anilines is 4. The van der Waals surface area contributed by atoms with Crippen LogP contribution in [0.4, 0.5) is 22.7 Å². The third kappa shape index (κ3) is 30.9.